The van der Waals surface area contributed by atoms with Crippen molar-refractivity contribution in [3.8, 4) is 0 Å². The van der Waals surface area contributed by atoms with E-state index in [2.05, 4.69) is 49.2 Å². The Balaban J connectivity index is 0.000000236. The second-order valence-corrected chi connectivity index (χ2v) is 6.69. The molecule has 0 radical (unpaired) electrons. The monoisotopic (exact) mass is 337 g/mol. The van der Waals surface area contributed by atoms with Gasteiger partial charge in [-0.15, -0.1) is 0 Å². The molecule has 1 aromatic heterocycles. The van der Waals surface area contributed by atoms with E-state index in [9.17, 15) is 0 Å². The Hall–Kier alpha value is -2.42. The van der Waals surface area contributed by atoms with Crippen LogP contribution >= 0.6 is 0 Å². The van der Waals surface area contributed by atoms with E-state index in [4.69, 9.17) is 11.5 Å². The van der Waals surface area contributed by atoms with Gasteiger partial charge in [-0.25, -0.2) is 0 Å². The van der Waals surface area contributed by atoms with Crippen LogP contribution in [-0.4, -0.2) is 4.98 Å². The molecule has 0 saturated heterocycles. The number of benzene rings is 2. The van der Waals surface area contributed by atoms with Gasteiger partial charge >= 0.3 is 0 Å². The van der Waals surface area contributed by atoms with Gasteiger partial charge in [0.25, 0.3) is 0 Å². The summed E-state index contributed by atoms with van der Waals surface area (Å²) in [6, 6.07) is 18.1. The summed E-state index contributed by atoms with van der Waals surface area (Å²) >= 11 is 0. The Bertz CT molecular complexity index is 707. The van der Waals surface area contributed by atoms with Crippen molar-refractivity contribution in [2.45, 2.75) is 51.9 Å². The number of hydrogen-bond donors (Lipinski definition) is 3. The minimum Gasteiger partial charge on any atom is -0.397 e. The van der Waals surface area contributed by atoms with Gasteiger partial charge in [-0.2, -0.15) is 0 Å². The second-order valence-electron chi connectivity index (χ2n) is 6.69. The molecule has 1 atom stereocenters. The van der Waals surface area contributed by atoms with Crippen molar-refractivity contribution in [3.05, 3.63) is 60.3 Å². The third-order valence-corrected chi connectivity index (χ3v) is 4.57. The SMILES string of the molecule is CCCCCCC(C)c1cc2ccccc2[nH]1.Nc1ccccc1N. The molecule has 3 heteroatoms. The first-order chi connectivity index (χ1) is 12.1. The number of fused-ring (bicyclic) bond motifs is 1. The van der Waals surface area contributed by atoms with Gasteiger partial charge in [0.2, 0.25) is 0 Å². The van der Waals surface area contributed by atoms with E-state index in [-0.39, 0.29) is 0 Å². The van der Waals surface area contributed by atoms with Crippen LogP contribution in [0.15, 0.2) is 54.6 Å². The highest BCUT2D eigenvalue weighted by atomic mass is 14.7. The Labute approximate surface area is 151 Å². The van der Waals surface area contributed by atoms with Crippen molar-refractivity contribution in [2.75, 3.05) is 11.5 Å². The van der Waals surface area contributed by atoms with Crippen LogP contribution < -0.4 is 11.5 Å². The average Bonchev–Trinajstić information content (AvgIpc) is 3.06. The lowest BCUT2D eigenvalue weighted by Gasteiger charge is -2.08. The number of unbranched alkanes of at least 4 members (excludes halogenated alkanes) is 3. The largest absolute Gasteiger partial charge is 0.397 e. The fourth-order valence-electron chi connectivity index (χ4n) is 2.90. The van der Waals surface area contributed by atoms with Crippen molar-refractivity contribution < 1.29 is 0 Å². The van der Waals surface area contributed by atoms with Crippen molar-refractivity contribution in [3.63, 3.8) is 0 Å². The Morgan fingerprint density at radius 2 is 1.52 bits per heavy atom. The summed E-state index contributed by atoms with van der Waals surface area (Å²) in [5, 5.41) is 1.34. The highest BCUT2D eigenvalue weighted by Gasteiger charge is 2.08. The van der Waals surface area contributed by atoms with Crippen LogP contribution in [0.2, 0.25) is 0 Å². The summed E-state index contributed by atoms with van der Waals surface area (Å²) in [7, 11) is 0. The van der Waals surface area contributed by atoms with Crippen LogP contribution in [0.1, 0.15) is 57.6 Å². The smallest absolute Gasteiger partial charge is 0.0547 e. The van der Waals surface area contributed by atoms with Crippen LogP contribution in [0.25, 0.3) is 10.9 Å². The van der Waals surface area contributed by atoms with Crippen LogP contribution in [0.5, 0.6) is 0 Å². The normalized spacial score (nSPS) is 11.8. The Kier molecular flexibility index (Phi) is 7.39. The molecule has 1 unspecified atom stereocenters. The van der Waals surface area contributed by atoms with Crippen molar-refractivity contribution >= 4 is 22.3 Å². The quantitative estimate of drug-likeness (QED) is 0.376. The lowest BCUT2D eigenvalue weighted by molar-refractivity contribution is 0.574. The molecule has 3 rings (SSSR count). The minimum absolute atomic E-state index is 0.646. The van der Waals surface area contributed by atoms with Gasteiger partial charge in [0.1, 0.15) is 0 Å². The number of nitrogens with one attached hydrogen (secondary N) is 1. The van der Waals surface area contributed by atoms with Gasteiger partial charge in [-0.05, 0) is 42.0 Å². The van der Waals surface area contributed by atoms with E-state index in [0.29, 0.717) is 17.3 Å². The molecule has 0 fully saturated rings. The highest BCUT2D eigenvalue weighted by molar-refractivity contribution is 5.80. The van der Waals surface area contributed by atoms with Gasteiger partial charge in [0.05, 0.1) is 11.4 Å². The first-order valence-corrected chi connectivity index (χ1v) is 9.29. The molecule has 0 bridgehead atoms. The zero-order chi connectivity index (χ0) is 18.1. The fraction of sp³-hybridized carbons (Fsp3) is 0.364. The van der Waals surface area contributed by atoms with Gasteiger partial charge in [0, 0.05) is 11.2 Å². The van der Waals surface area contributed by atoms with Crippen LogP contribution in [0, 0.1) is 0 Å². The van der Waals surface area contributed by atoms with Gasteiger partial charge in [0.15, 0.2) is 0 Å². The zero-order valence-electron chi connectivity index (χ0n) is 15.5. The molecular weight excluding hydrogens is 306 g/mol. The van der Waals surface area contributed by atoms with E-state index in [1.807, 2.05) is 12.1 Å². The van der Waals surface area contributed by atoms with E-state index in [1.54, 1.807) is 12.1 Å². The fourth-order valence-corrected chi connectivity index (χ4v) is 2.90. The third-order valence-electron chi connectivity index (χ3n) is 4.57. The molecule has 0 saturated carbocycles. The molecule has 0 spiro atoms. The third kappa shape index (κ3) is 5.86. The highest BCUT2D eigenvalue weighted by Crippen LogP contribution is 2.25. The van der Waals surface area contributed by atoms with E-state index < -0.39 is 0 Å². The van der Waals surface area contributed by atoms with Crippen molar-refractivity contribution in [1.82, 2.24) is 4.98 Å². The number of hydrogen-bond acceptors (Lipinski definition) is 2. The second kappa shape index (κ2) is 9.77. The van der Waals surface area contributed by atoms with Gasteiger partial charge < -0.3 is 16.5 Å². The number of rotatable bonds is 6. The molecule has 134 valence electrons. The van der Waals surface area contributed by atoms with Crippen LogP contribution in [0.3, 0.4) is 0 Å². The standard InChI is InChI=1S/C16H23N.C6H8N2/c1-3-4-5-6-9-13(2)16-12-14-10-7-8-11-15(14)17-16;7-5-3-1-2-4-6(5)8/h7-8,10-13,17H,3-6,9H2,1-2H3;1-4H,7-8H2. The lowest BCUT2D eigenvalue weighted by atomic mass is 9.99. The van der Waals surface area contributed by atoms with E-state index in [0.717, 1.165) is 0 Å². The molecule has 0 amide bonds. The first-order valence-electron chi connectivity index (χ1n) is 9.29. The maximum absolute atomic E-state index is 5.39. The zero-order valence-corrected chi connectivity index (χ0v) is 15.5. The molecule has 0 aliphatic carbocycles. The topological polar surface area (TPSA) is 67.8 Å². The number of nitrogen functional groups attached to an aromatic ring is 2. The van der Waals surface area contributed by atoms with E-state index >= 15 is 0 Å². The predicted molar refractivity (Wildman–Crippen MR) is 111 cm³/mol. The summed E-state index contributed by atoms with van der Waals surface area (Å²) in [5.41, 5.74) is 14.7. The molecular formula is C22H31N3. The number of H-pyrrole nitrogens is 1. The van der Waals surface area contributed by atoms with Gasteiger partial charge in [-0.1, -0.05) is 69.9 Å². The maximum atomic E-state index is 5.39. The molecule has 5 N–H and O–H groups in total. The molecule has 0 aliphatic rings. The summed E-state index contributed by atoms with van der Waals surface area (Å²) in [6.45, 7) is 4.60. The summed E-state index contributed by atoms with van der Waals surface area (Å²) in [4.78, 5) is 3.54. The number of aromatic amines is 1. The Morgan fingerprint density at radius 3 is 2.12 bits per heavy atom. The van der Waals surface area contributed by atoms with Crippen molar-refractivity contribution in [2.24, 2.45) is 0 Å². The number of para-hydroxylation sites is 3. The molecule has 1 heterocycles. The van der Waals surface area contributed by atoms with Crippen LogP contribution in [0.4, 0.5) is 11.4 Å². The summed E-state index contributed by atoms with van der Waals surface area (Å²) < 4.78 is 0. The maximum Gasteiger partial charge on any atom is 0.0547 e. The summed E-state index contributed by atoms with van der Waals surface area (Å²) in [6.07, 6.45) is 6.72. The molecule has 25 heavy (non-hydrogen) atoms. The first kappa shape index (κ1) is 18.9. The minimum atomic E-state index is 0.646. The number of nitrogens with two attached hydrogens (primary N) is 2. The van der Waals surface area contributed by atoms with Crippen LogP contribution in [-0.2, 0) is 0 Å². The number of aromatic nitrogens is 1. The molecule has 2 aromatic carbocycles. The summed E-state index contributed by atoms with van der Waals surface area (Å²) in [5.74, 6) is 0.652. The Morgan fingerprint density at radius 1 is 0.880 bits per heavy atom. The molecule has 0 aliphatic heterocycles. The predicted octanol–water partition coefficient (Wildman–Crippen LogP) is 6.09. The number of anilines is 2. The van der Waals surface area contributed by atoms with Gasteiger partial charge in [-0.3, -0.25) is 0 Å². The van der Waals surface area contributed by atoms with Crippen molar-refractivity contribution in [1.29, 1.82) is 0 Å². The average molecular weight is 338 g/mol. The lowest BCUT2D eigenvalue weighted by Crippen LogP contribution is -1.93. The van der Waals surface area contributed by atoms with E-state index in [1.165, 1.54) is 48.7 Å². The molecule has 3 aromatic rings. The molecule has 3 nitrogen and oxygen atoms in total.